The first-order valence-corrected chi connectivity index (χ1v) is 8.35. The van der Waals surface area contributed by atoms with Gasteiger partial charge in [-0.05, 0) is 31.3 Å². The molecule has 0 fully saturated rings. The lowest BCUT2D eigenvalue weighted by Crippen LogP contribution is -2.36. The predicted octanol–water partition coefficient (Wildman–Crippen LogP) is 0.441. The van der Waals surface area contributed by atoms with Crippen LogP contribution in [0.2, 0.25) is 0 Å². The average Bonchev–Trinajstić information content (AvgIpc) is 2.47. The molecular weight excluding hydrogens is 292 g/mol. The first-order chi connectivity index (χ1) is 9.90. The smallest absolute Gasteiger partial charge is 0.223 e. The van der Waals surface area contributed by atoms with Gasteiger partial charge in [0.05, 0.1) is 17.8 Å². The summed E-state index contributed by atoms with van der Waals surface area (Å²) < 4.78 is 29.5. The number of methoxy groups -OCH3 is 1. The summed E-state index contributed by atoms with van der Waals surface area (Å²) in [5, 5.41) is 5.59. The van der Waals surface area contributed by atoms with Crippen molar-refractivity contribution < 1.29 is 17.9 Å². The standard InChI is InChI=1S/C14H22N2O4S/c1-11(14(17)16-9-8-15-2)10-21(18,19)13-6-4-12(20-3)5-7-13/h4-7,11,15H,8-10H2,1-3H3,(H,16,17). The van der Waals surface area contributed by atoms with E-state index in [0.29, 0.717) is 18.8 Å². The Hall–Kier alpha value is -1.60. The number of nitrogens with one attached hydrogen (secondary N) is 2. The zero-order valence-corrected chi connectivity index (χ0v) is 13.4. The first kappa shape index (κ1) is 17.5. The van der Waals surface area contributed by atoms with Gasteiger partial charge in [-0.1, -0.05) is 6.92 Å². The number of amides is 1. The van der Waals surface area contributed by atoms with Crippen molar-refractivity contribution in [3.05, 3.63) is 24.3 Å². The highest BCUT2D eigenvalue weighted by Gasteiger charge is 2.23. The molecule has 1 amide bonds. The highest BCUT2D eigenvalue weighted by molar-refractivity contribution is 7.91. The van der Waals surface area contributed by atoms with E-state index in [1.54, 1.807) is 26.1 Å². The maximum atomic E-state index is 12.2. The molecule has 0 saturated carbocycles. The van der Waals surface area contributed by atoms with Crippen LogP contribution >= 0.6 is 0 Å². The molecule has 0 aliphatic rings. The molecular formula is C14H22N2O4S. The van der Waals surface area contributed by atoms with Gasteiger partial charge in [-0.15, -0.1) is 0 Å². The Morgan fingerprint density at radius 1 is 1.24 bits per heavy atom. The summed E-state index contributed by atoms with van der Waals surface area (Å²) in [6, 6.07) is 6.15. The second-order valence-corrected chi connectivity index (χ2v) is 6.79. The number of carbonyl (C=O) groups excluding carboxylic acids is 1. The van der Waals surface area contributed by atoms with Crippen LogP contribution in [0.4, 0.5) is 0 Å². The zero-order valence-electron chi connectivity index (χ0n) is 12.5. The quantitative estimate of drug-likeness (QED) is 0.680. The van der Waals surface area contributed by atoms with Crippen LogP contribution in [0.5, 0.6) is 5.75 Å². The molecule has 1 unspecified atom stereocenters. The van der Waals surface area contributed by atoms with E-state index in [1.165, 1.54) is 19.2 Å². The van der Waals surface area contributed by atoms with Crippen LogP contribution in [0, 0.1) is 5.92 Å². The van der Waals surface area contributed by atoms with Crippen LogP contribution in [-0.2, 0) is 14.6 Å². The van der Waals surface area contributed by atoms with E-state index in [0.717, 1.165) is 0 Å². The van der Waals surface area contributed by atoms with Gasteiger partial charge in [0.25, 0.3) is 0 Å². The third-order valence-corrected chi connectivity index (χ3v) is 4.94. The van der Waals surface area contributed by atoms with Gasteiger partial charge < -0.3 is 15.4 Å². The van der Waals surface area contributed by atoms with Gasteiger partial charge in [0, 0.05) is 19.0 Å². The predicted molar refractivity (Wildman–Crippen MR) is 81.1 cm³/mol. The molecule has 1 atom stereocenters. The average molecular weight is 314 g/mol. The van der Waals surface area contributed by atoms with E-state index in [4.69, 9.17) is 4.74 Å². The molecule has 21 heavy (non-hydrogen) atoms. The summed E-state index contributed by atoms with van der Waals surface area (Å²) in [5.74, 6) is -0.492. The minimum atomic E-state index is -3.49. The Morgan fingerprint density at radius 3 is 2.38 bits per heavy atom. The molecule has 0 bridgehead atoms. The summed E-state index contributed by atoms with van der Waals surface area (Å²) in [6.45, 7) is 2.72. The minimum Gasteiger partial charge on any atom is -0.497 e. The van der Waals surface area contributed by atoms with Crippen LogP contribution in [0.25, 0.3) is 0 Å². The van der Waals surface area contributed by atoms with E-state index < -0.39 is 15.8 Å². The van der Waals surface area contributed by atoms with Crippen molar-refractivity contribution in [1.29, 1.82) is 0 Å². The summed E-state index contributed by atoms with van der Waals surface area (Å²) in [4.78, 5) is 12.0. The zero-order chi connectivity index (χ0) is 15.9. The van der Waals surface area contributed by atoms with Crippen molar-refractivity contribution in [3.63, 3.8) is 0 Å². The van der Waals surface area contributed by atoms with Crippen LogP contribution in [0.15, 0.2) is 29.2 Å². The molecule has 1 rings (SSSR count). The summed E-state index contributed by atoms with van der Waals surface area (Å²) in [5.41, 5.74) is 0. The molecule has 2 N–H and O–H groups in total. The number of benzene rings is 1. The second kappa shape index (κ2) is 7.99. The minimum absolute atomic E-state index is 0.193. The fourth-order valence-electron chi connectivity index (χ4n) is 1.77. The van der Waals surface area contributed by atoms with E-state index in [9.17, 15) is 13.2 Å². The van der Waals surface area contributed by atoms with Gasteiger partial charge in [0.1, 0.15) is 5.75 Å². The fraction of sp³-hybridized carbons (Fsp3) is 0.500. The Bertz CT molecular complexity index is 555. The van der Waals surface area contributed by atoms with E-state index in [1.807, 2.05) is 0 Å². The Balaban J connectivity index is 2.68. The summed E-state index contributed by atoms with van der Waals surface area (Å²) in [7, 11) is -0.196. The second-order valence-electron chi connectivity index (χ2n) is 4.75. The third-order valence-electron chi connectivity index (χ3n) is 3.01. The topological polar surface area (TPSA) is 84.5 Å². The van der Waals surface area contributed by atoms with Crippen LogP contribution in [0.3, 0.4) is 0 Å². The number of carbonyl (C=O) groups is 1. The molecule has 0 radical (unpaired) electrons. The van der Waals surface area contributed by atoms with Gasteiger partial charge in [0.2, 0.25) is 5.91 Å². The van der Waals surface area contributed by atoms with Crippen molar-refractivity contribution in [2.45, 2.75) is 11.8 Å². The molecule has 0 heterocycles. The van der Waals surface area contributed by atoms with Crippen molar-refractivity contribution in [2.75, 3.05) is 33.0 Å². The molecule has 0 aromatic heterocycles. The molecule has 0 aliphatic heterocycles. The number of rotatable bonds is 8. The lowest BCUT2D eigenvalue weighted by molar-refractivity contribution is -0.123. The maximum Gasteiger partial charge on any atom is 0.223 e. The molecule has 0 saturated heterocycles. The van der Waals surface area contributed by atoms with E-state index in [2.05, 4.69) is 10.6 Å². The Morgan fingerprint density at radius 2 is 1.86 bits per heavy atom. The van der Waals surface area contributed by atoms with Gasteiger partial charge >= 0.3 is 0 Å². The number of hydrogen-bond acceptors (Lipinski definition) is 5. The van der Waals surface area contributed by atoms with Crippen molar-refractivity contribution in [2.24, 2.45) is 5.92 Å². The number of hydrogen-bond donors (Lipinski definition) is 2. The Labute approximate surface area is 125 Å². The van der Waals surface area contributed by atoms with Gasteiger partial charge in [0.15, 0.2) is 9.84 Å². The van der Waals surface area contributed by atoms with E-state index >= 15 is 0 Å². The van der Waals surface area contributed by atoms with Crippen molar-refractivity contribution in [1.82, 2.24) is 10.6 Å². The summed E-state index contributed by atoms with van der Waals surface area (Å²) in [6.07, 6.45) is 0. The largest absolute Gasteiger partial charge is 0.497 e. The van der Waals surface area contributed by atoms with Crippen molar-refractivity contribution in [3.8, 4) is 5.75 Å². The Kier molecular flexibility index (Phi) is 6.64. The third kappa shape index (κ3) is 5.35. The lowest BCUT2D eigenvalue weighted by Gasteiger charge is -2.13. The highest BCUT2D eigenvalue weighted by atomic mass is 32.2. The number of sulfone groups is 1. The van der Waals surface area contributed by atoms with Crippen LogP contribution < -0.4 is 15.4 Å². The molecule has 0 spiro atoms. The highest BCUT2D eigenvalue weighted by Crippen LogP contribution is 2.18. The molecule has 7 heteroatoms. The number of likely N-dealkylation sites (N-methyl/N-ethyl adjacent to an activating group) is 1. The SMILES string of the molecule is CNCCNC(=O)C(C)CS(=O)(=O)c1ccc(OC)cc1. The fourth-order valence-corrected chi connectivity index (χ4v) is 3.32. The van der Waals surface area contributed by atoms with Crippen LogP contribution in [-0.4, -0.2) is 47.3 Å². The molecule has 1 aromatic carbocycles. The maximum absolute atomic E-state index is 12.2. The van der Waals surface area contributed by atoms with Gasteiger partial charge in [-0.25, -0.2) is 8.42 Å². The normalized spacial score (nSPS) is 12.7. The first-order valence-electron chi connectivity index (χ1n) is 6.70. The van der Waals surface area contributed by atoms with Crippen molar-refractivity contribution >= 4 is 15.7 Å². The van der Waals surface area contributed by atoms with Gasteiger partial charge in [-0.3, -0.25) is 4.79 Å². The lowest BCUT2D eigenvalue weighted by atomic mass is 10.2. The summed E-state index contributed by atoms with van der Waals surface area (Å²) >= 11 is 0. The van der Waals surface area contributed by atoms with Gasteiger partial charge in [-0.2, -0.15) is 0 Å². The molecule has 1 aromatic rings. The van der Waals surface area contributed by atoms with E-state index in [-0.39, 0.29) is 16.6 Å². The van der Waals surface area contributed by atoms with Crippen LogP contribution in [0.1, 0.15) is 6.92 Å². The molecule has 6 nitrogen and oxygen atoms in total. The number of ether oxygens (including phenoxy) is 1. The molecule has 118 valence electrons. The monoisotopic (exact) mass is 314 g/mol. The molecule has 0 aliphatic carbocycles.